The van der Waals surface area contributed by atoms with Gasteiger partial charge in [0.25, 0.3) is 0 Å². The maximum atomic E-state index is 13.5. The van der Waals surface area contributed by atoms with Gasteiger partial charge >= 0.3 is 6.18 Å². The highest BCUT2D eigenvalue weighted by molar-refractivity contribution is 5.83. The van der Waals surface area contributed by atoms with E-state index in [9.17, 15) is 23.1 Å². The molecule has 1 aromatic carbocycles. The Kier molecular flexibility index (Phi) is 5.93. The molecular formula is C23H26F3N9O2. The summed E-state index contributed by atoms with van der Waals surface area (Å²) in [4.78, 5) is 30.6. The first-order valence-electron chi connectivity index (χ1n) is 11.7. The summed E-state index contributed by atoms with van der Waals surface area (Å²) in [6, 6.07) is 5.92. The van der Waals surface area contributed by atoms with E-state index >= 15 is 0 Å². The van der Waals surface area contributed by atoms with Crippen LogP contribution in [0.5, 0.6) is 0 Å². The summed E-state index contributed by atoms with van der Waals surface area (Å²) in [6.45, 7) is 1.98. The molecule has 14 heteroatoms. The zero-order chi connectivity index (χ0) is 26.5. The van der Waals surface area contributed by atoms with Gasteiger partial charge in [0.05, 0.1) is 29.9 Å². The minimum absolute atomic E-state index is 0.0154. The Balaban J connectivity index is 1.27. The number of aliphatic hydroxyl groups is 1. The Bertz CT molecular complexity index is 1480. The van der Waals surface area contributed by atoms with E-state index in [1.165, 1.54) is 17.3 Å². The molecule has 1 amide bonds. The van der Waals surface area contributed by atoms with Crippen molar-refractivity contribution in [1.29, 1.82) is 0 Å². The van der Waals surface area contributed by atoms with Crippen LogP contribution in [0, 0.1) is 0 Å². The molecule has 37 heavy (non-hydrogen) atoms. The fourth-order valence-corrected chi connectivity index (χ4v) is 5.06. The highest BCUT2D eigenvalue weighted by Crippen LogP contribution is 2.35. The number of benzene rings is 1. The van der Waals surface area contributed by atoms with E-state index in [-0.39, 0.29) is 49.1 Å². The smallest absolute Gasteiger partial charge is 0.386 e. The number of amides is 1. The standard InChI is InChI=1S/C23H26F3N9O2/c1-22(37)11-33(10-8-15(22)35-12-29-17-18(27)31-21(28)32-19(17)35)16(36)7-4-9-34-14-6-3-2-5-13(14)30-20(34)23(24,25)26/h2-3,5-6,12,15,37H,4,7-11H2,1H3,(H4,27,28,31,32)/t15-,22-/m1/s1. The summed E-state index contributed by atoms with van der Waals surface area (Å²) >= 11 is 0. The molecule has 5 N–H and O–H groups in total. The highest BCUT2D eigenvalue weighted by Gasteiger charge is 2.41. The van der Waals surface area contributed by atoms with Crippen molar-refractivity contribution in [2.24, 2.45) is 0 Å². The number of aryl methyl sites for hydroxylation is 1. The van der Waals surface area contributed by atoms with Crippen molar-refractivity contribution in [3.63, 3.8) is 0 Å². The number of fused-ring (bicyclic) bond motifs is 2. The topological polar surface area (TPSA) is 154 Å². The average Bonchev–Trinajstić information content (AvgIpc) is 3.40. The molecule has 1 saturated heterocycles. The normalized spacial score (nSPS) is 20.7. The Morgan fingerprint density at radius 3 is 2.70 bits per heavy atom. The molecule has 1 fully saturated rings. The van der Waals surface area contributed by atoms with Crippen LogP contribution in [0.2, 0.25) is 0 Å². The number of carbonyl (C=O) groups is 1. The first-order valence-corrected chi connectivity index (χ1v) is 11.7. The molecule has 1 aliphatic rings. The van der Waals surface area contributed by atoms with Gasteiger partial charge in [-0.2, -0.15) is 23.1 Å². The molecule has 11 nitrogen and oxygen atoms in total. The summed E-state index contributed by atoms with van der Waals surface area (Å²) in [5.41, 5.74) is 11.7. The first-order chi connectivity index (χ1) is 17.5. The zero-order valence-electron chi connectivity index (χ0n) is 20.0. The SMILES string of the molecule is C[C@@]1(O)CN(C(=O)CCCn2c(C(F)(F)F)nc3ccccc32)CC[C@H]1n1cnc2c(N)nc(N)nc21. The number of anilines is 2. The van der Waals surface area contributed by atoms with Crippen molar-refractivity contribution < 1.29 is 23.1 Å². The van der Waals surface area contributed by atoms with Gasteiger partial charge in [0.15, 0.2) is 11.5 Å². The van der Waals surface area contributed by atoms with E-state index in [0.717, 1.165) is 4.57 Å². The lowest BCUT2D eigenvalue weighted by Gasteiger charge is -2.43. The van der Waals surface area contributed by atoms with Gasteiger partial charge in [-0.3, -0.25) is 4.79 Å². The van der Waals surface area contributed by atoms with Crippen LogP contribution < -0.4 is 11.5 Å². The van der Waals surface area contributed by atoms with Crippen LogP contribution in [0.3, 0.4) is 0 Å². The molecule has 0 radical (unpaired) electrons. The molecule has 1 aliphatic heterocycles. The van der Waals surface area contributed by atoms with Gasteiger partial charge in [0.1, 0.15) is 11.1 Å². The number of alkyl halides is 3. The van der Waals surface area contributed by atoms with Crippen LogP contribution in [0.15, 0.2) is 30.6 Å². The first kappa shape index (κ1) is 24.7. The number of nitrogen functional groups attached to an aromatic ring is 2. The van der Waals surface area contributed by atoms with Crippen LogP contribution in [-0.2, 0) is 17.5 Å². The van der Waals surface area contributed by atoms with Gasteiger partial charge < -0.3 is 30.6 Å². The third-order valence-corrected chi connectivity index (χ3v) is 6.74. The second kappa shape index (κ2) is 8.87. The predicted octanol–water partition coefficient (Wildman–Crippen LogP) is 2.36. The number of imidazole rings is 2. The van der Waals surface area contributed by atoms with Crippen LogP contribution in [0.4, 0.5) is 24.9 Å². The highest BCUT2D eigenvalue weighted by atomic mass is 19.4. The number of nitrogens with zero attached hydrogens (tertiary/aromatic N) is 7. The van der Waals surface area contributed by atoms with E-state index in [2.05, 4.69) is 19.9 Å². The molecule has 5 rings (SSSR count). The number of nitrogens with two attached hydrogens (primary N) is 2. The summed E-state index contributed by atoms with van der Waals surface area (Å²) in [7, 11) is 0. The van der Waals surface area contributed by atoms with Gasteiger partial charge in [-0.15, -0.1) is 0 Å². The van der Waals surface area contributed by atoms with Crippen molar-refractivity contribution in [2.45, 2.75) is 50.6 Å². The number of carbonyl (C=O) groups excluding carboxylic acids is 1. The Labute approximate surface area is 208 Å². The number of hydrogen-bond acceptors (Lipinski definition) is 8. The Morgan fingerprint density at radius 1 is 1.22 bits per heavy atom. The number of hydrogen-bond donors (Lipinski definition) is 3. The molecule has 0 aliphatic carbocycles. The van der Waals surface area contributed by atoms with Crippen LogP contribution in [-0.4, -0.2) is 63.7 Å². The van der Waals surface area contributed by atoms with Gasteiger partial charge in [0.2, 0.25) is 17.7 Å². The maximum Gasteiger partial charge on any atom is 0.449 e. The third kappa shape index (κ3) is 4.52. The minimum atomic E-state index is -4.61. The lowest BCUT2D eigenvalue weighted by Crippen LogP contribution is -2.54. The van der Waals surface area contributed by atoms with Crippen molar-refractivity contribution in [3.05, 3.63) is 36.4 Å². The van der Waals surface area contributed by atoms with Crippen LogP contribution in [0.25, 0.3) is 22.2 Å². The molecule has 196 valence electrons. The largest absolute Gasteiger partial charge is 0.449 e. The molecule has 0 saturated carbocycles. The van der Waals surface area contributed by atoms with Crippen LogP contribution >= 0.6 is 0 Å². The van der Waals surface area contributed by atoms with Crippen LogP contribution in [0.1, 0.15) is 38.1 Å². The Morgan fingerprint density at radius 2 is 1.97 bits per heavy atom. The summed E-state index contributed by atoms with van der Waals surface area (Å²) in [5.74, 6) is -1.11. The van der Waals surface area contributed by atoms with E-state index in [4.69, 9.17) is 11.5 Å². The second-order valence-corrected chi connectivity index (χ2v) is 9.45. The fraction of sp³-hybridized carbons (Fsp3) is 0.435. The summed E-state index contributed by atoms with van der Waals surface area (Å²) < 4.78 is 43.4. The lowest BCUT2D eigenvalue weighted by atomic mass is 9.88. The van der Waals surface area contributed by atoms with E-state index < -0.39 is 23.6 Å². The van der Waals surface area contributed by atoms with Crippen molar-refractivity contribution >= 4 is 39.9 Å². The molecule has 2 atom stereocenters. The fourth-order valence-electron chi connectivity index (χ4n) is 5.06. The van der Waals surface area contributed by atoms with E-state index in [1.807, 2.05) is 0 Å². The molecular weight excluding hydrogens is 491 g/mol. The number of rotatable bonds is 5. The molecule has 0 unspecified atom stereocenters. The van der Waals surface area contributed by atoms with Gasteiger partial charge in [-0.1, -0.05) is 12.1 Å². The van der Waals surface area contributed by atoms with Crippen molar-refractivity contribution in [2.75, 3.05) is 24.6 Å². The second-order valence-electron chi connectivity index (χ2n) is 9.45. The predicted molar refractivity (Wildman–Crippen MR) is 129 cm³/mol. The zero-order valence-corrected chi connectivity index (χ0v) is 20.0. The number of piperidine rings is 1. The average molecular weight is 518 g/mol. The summed E-state index contributed by atoms with van der Waals surface area (Å²) in [5, 5.41) is 11.3. The molecule has 4 aromatic rings. The molecule has 0 spiro atoms. The van der Waals surface area contributed by atoms with Crippen molar-refractivity contribution in [3.8, 4) is 0 Å². The van der Waals surface area contributed by atoms with Crippen molar-refractivity contribution in [1.82, 2.24) is 34.0 Å². The van der Waals surface area contributed by atoms with Gasteiger partial charge in [0, 0.05) is 19.5 Å². The van der Waals surface area contributed by atoms with E-state index in [1.54, 1.807) is 29.7 Å². The lowest BCUT2D eigenvalue weighted by molar-refractivity contribution is -0.147. The number of para-hydroxylation sites is 2. The maximum absolute atomic E-state index is 13.5. The minimum Gasteiger partial charge on any atom is -0.386 e. The summed E-state index contributed by atoms with van der Waals surface area (Å²) in [6.07, 6.45) is -2.48. The van der Waals surface area contributed by atoms with Gasteiger partial charge in [-0.25, -0.2) is 9.97 Å². The molecule has 0 bridgehead atoms. The number of β-amino-alcohol motifs (C(OH)–C–C–N with tert-alkyl or cyclic N) is 1. The quantitative estimate of drug-likeness (QED) is 0.365. The number of halogens is 3. The van der Waals surface area contributed by atoms with Gasteiger partial charge in [-0.05, 0) is 31.9 Å². The Hall–Kier alpha value is -3.94. The molecule has 3 aromatic heterocycles. The number of aromatic nitrogens is 6. The third-order valence-electron chi connectivity index (χ3n) is 6.74. The monoisotopic (exact) mass is 517 g/mol. The number of likely N-dealkylation sites (tertiary alicyclic amines) is 1. The van der Waals surface area contributed by atoms with E-state index in [0.29, 0.717) is 29.6 Å². The molecule has 4 heterocycles.